The Balaban J connectivity index is 2.45. The molecule has 0 fully saturated rings. The van der Waals surface area contributed by atoms with Gasteiger partial charge in [0.25, 0.3) is 5.24 Å². The lowest BCUT2D eigenvalue weighted by molar-refractivity contribution is -0.147. The molecule has 1 rings (SSSR count). The van der Waals surface area contributed by atoms with Gasteiger partial charge in [-0.2, -0.15) is 0 Å². The van der Waals surface area contributed by atoms with Gasteiger partial charge < -0.3 is 10.1 Å². The van der Waals surface area contributed by atoms with Crippen molar-refractivity contribution in [3.63, 3.8) is 0 Å². The molecular formula is C13H17NO3S. The van der Waals surface area contributed by atoms with Gasteiger partial charge in [-0.05, 0) is 18.2 Å². The molecule has 1 aromatic carbocycles. The Morgan fingerprint density at radius 3 is 2.56 bits per heavy atom. The minimum absolute atomic E-state index is 0.224. The van der Waals surface area contributed by atoms with E-state index < -0.39 is 12.0 Å². The van der Waals surface area contributed by atoms with E-state index in [1.54, 1.807) is 6.26 Å². The number of thioether (sulfide) groups is 1. The van der Waals surface area contributed by atoms with Crippen molar-refractivity contribution < 1.29 is 14.3 Å². The molecule has 1 unspecified atom stereocenters. The van der Waals surface area contributed by atoms with E-state index in [0.717, 1.165) is 17.3 Å². The van der Waals surface area contributed by atoms with Crippen LogP contribution < -0.4 is 5.32 Å². The van der Waals surface area contributed by atoms with E-state index in [1.165, 1.54) is 0 Å². The summed E-state index contributed by atoms with van der Waals surface area (Å²) in [6.07, 6.45) is 2.18. The van der Waals surface area contributed by atoms with Crippen LogP contribution in [0.25, 0.3) is 0 Å². The fraction of sp³-hybridized carbons (Fsp3) is 0.385. The molecule has 0 saturated carbocycles. The monoisotopic (exact) mass is 267 g/mol. The van der Waals surface area contributed by atoms with Gasteiger partial charge in [0.05, 0.1) is 0 Å². The first-order valence-electron chi connectivity index (χ1n) is 5.72. The van der Waals surface area contributed by atoms with Crippen molar-refractivity contribution in [3.8, 4) is 0 Å². The Labute approximate surface area is 111 Å². The van der Waals surface area contributed by atoms with Crippen LogP contribution in [-0.4, -0.2) is 23.5 Å². The summed E-state index contributed by atoms with van der Waals surface area (Å²) in [5.41, 5.74) is 0.928. The molecule has 0 spiro atoms. The number of hydrogen-bond donors (Lipinski definition) is 1. The molecule has 4 nitrogen and oxygen atoms in total. The Morgan fingerprint density at radius 2 is 2.00 bits per heavy atom. The third-order valence-electron chi connectivity index (χ3n) is 2.39. The summed E-state index contributed by atoms with van der Waals surface area (Å²) < 4.78 is 5.16. The van der Waals surface area contributed by atoms with Crippen LogP contribution in [0.5, 0.6) is 0 Å². The number of hydrogen-bond acceptors (Lipinski definition) is 4. The molecule has 98 valence electrons. The van der Waals surface area contributed by atoms with Crippen molar-refractivity contribution in [2.24, 2.45) is 0 Å². The van der Waals surface area contributed by atoms with Gasteiger partial charge in [-0.1, -0.05) is 49.0 Å². The van der Waals surface area contributed by atoms with E-state index in [1.807, 2.05) is 37.3 Å². The zero-order chi connectivity index (χ0) is 13.4. The smallest absolute Gasteiger partial charge is 0.328 e. The van der Waals surface area contributed by atoms with Crippen molar-refractivity contribution in [3.05, 3.63) is 35.9 Å². The Hall–Kier alpha value is -1.49. The summed E-state index contributed by atoms with van der Waals surface area (Å²) in [6.45, 7) is 2.06. The Kier molecular flexibility index (Phi) is 6.28. The normalized spacial score (nSPS) is 11.7. The summed E-state index contributed by atoms with van der Waals surface area (Å²) in [6, 6.07) is 8.86. The van der Waals surface area contributed by atoms with E-state index in [-0.39, 0.29) is 11.8 Å². The molecule has 0 aromatic heterocycles. The molecule has 0 saturated heterocycles. The molecule has 0 aliphatic carbocycles. The highest BCUT2D eigenvalue weighted by Gasteiger charge is 2.19. The van der Waals surface area contributed by atoms with Gasteiger partial charge in [-0.15, -0.1) is 0 Å². The second kappa shape index (κ2) is 7.76. The van der Waals surface area contributed by atoms with Crippen molar-refractivity contribution >= 4 is 23.0 Å². The highest BCUT2D eigenvalue weighted by Crippen LogP contribution is 2.05. The van der Waals surface area contributed by atoms with Crippen LogP contribution in [0.1, 0.15) is 18.9 Å². The topological polar surface area (TPSA) is 55.4 Å². The summed E-state index contributed by atoms with van der Waals surface area (Å²) in [7, 11) is 0. The second-order valence-electron chi connectivity index (χ2n) is 3.69. The third kappa shape index (κ3) is 4.79. The first kappa shape index (κ1) is 14.6. The van der Waals surface area contributed by atoms with E-state index >= 15 is 0 Å². The third-order valence-corrected chi connectivity index (χ3v) is 2.88. The molecule has 0 radical (unpaired) electrons. The largest absolute Gasteiger partial charge is 0.459 e. The Morgan fingerprint density at radius 1 is 1.33 bits per heavy atom. The quantitative estimate of drug-likeness (QED) is 0.833. The summed E-state index contributed by atoms with van der Waals surface area (Å²) >= 11 is 1.04. The van der Waals surface area contributed by atoms with E-state index in [2.05, 4.69) is 5.32 Å². The van der Waals surface area contributed by atoms with Gasteiger partial charge in [-0.3, -0.25) is 4.79 Å². The molecule has 0 heterocycles. The van der Waals surface area contributed by atoms with Crippen molar-refractivity contribution in [1.82, 2.24) is 5.32 Å². The van der Waals surface area contributed by atoms with Crippen LogP contribution in [0.15, 0.2) is 30.3 Å². The highest BCUT2D eigenvalue weighted by molar-refractivity contribution is 8.12. The number of nitrogens with one attached hydrogen (secondary N) is 1. The molecule has 1 aromatic rings. The van der Waals surface area contributed by atoms with E-state index in [9.17, 15) is 9.59 Å². The number of rotatable bonds is 5. The summed E-state index contributed by atoms with van der Waals surface area (Å²) in [5, 5.41) is 2.38. The van der Waals surface area contributed by atoms with Crippen LogP contribution >= 0.6 is 11.8 Å². The minimum atomic E-state index is -0.575. The van der Waals surface area contributed by atoms with Gasteiger partial charge >= 0.3 is 5.97 Å². The lowest BCUT2D eigenvalue weighted by Crippen LogP contribution is -2.39. The molecule has 1 amide bonds. The van der Waals surface area contributed by atoms with E-state index in [4.69, 9.17) is 4.74 Å². The zero-order valence-corrected chi connectivity index (χ0v) is 11.3. The maximum absolute atomic E-state index is 11.8. The lowest BCUT2D eigenvalue weighted by Gasteiger charge is -2.15. The second-order valence-corrected chi connectivity index (χ2v) is 4.47. The fourth-order valence-electron chi connectivity index (χ4n) is 1.36. The fourth-order valence-corrected chi connectivity index (χ4v) is 1.62. The van der Waals surface area contributed by atoms with Gasteiger partial charge in [0.15, 0.2) is 0 Å². The van der Waals surface area contributed by atoms with Crippen LogP contribution in [0, 0.1) is 0 Å². The number of amides is 1. The van der Waals surface area contributed by atoms with Crippen molar-refractivity contribution in [2.75, 3.05) is 6.26 Å². The number of esters is 1. The first-order chi connectivity index (χ1) is 8.67. The number of carbonyl (C=O) groups is 2. The van der Waals surface area contributed by atoms with E-state index in [0.29, 0.717) is 6.42 Å². The maximum atomic E-state index is 11.8. The van der Waals surface area contributed by atoms with Gasteiger partial charge in [0.2, 0.25) is 0 Å². The first-order valence-corrected chi connectivity index (χ1v) is 6.95. The van der Waals surface area contributed by atoms with Gasteiger partial charge in [0, 0.05) is 0 Å². The van der Waals surface area contributed by atoms with Crippen molar-refractivity contribution in [1.29, 1.82) is 0 Å². The van der Waals surface area contributed by atoms with Gasteiger partial charge in [-0.25, -0.2) is 4.79 Å². The maximum Gasteiger partial charge on any atom is 0.328 e. The lowest BCUT2D eigenvalue weighted by atomic mass is 10.2. The SMILES string of the molecule is CCC(NC(=O)SC)C(=O)OCc1ccccc1. The van der Waals surface area contributed by atoms with Gasteiger partial charge in [0.1, 0.15) is 12.6 Å². The Bertz CT molecular complexity index is 394. The highest BCUT2D eigenvalue weighted by atomic mass is 32.2. The summed E-state index contributed by atoms with van der Waals surface area (Å²) in [4.78, 5) is 23.0. The predicted molar refractivity (Wildman–Crippen MR) is 72.4 cm³/mol. The molecule has 18 heavy (non-hydrogen) atoms. The van der Waals surface area contributed by atoms with Crippen LogP contribution in [0.4, 0.5) is 4.79 Å². The molecule has 5 heteroatoms. The minimum Gasteiger partial charge on any atom is -0.459 e. The molecule has 1 atom stereocenters. The zero-order valence-electron chi connectivity index (χ0n) is 10.5. The van der Waals surface area contributed by atoms with Crippen LogP contribution in [-0.2, 0) is 16.1 Å². The molecule has 0 bridgehead atoms. The standard InChI is InChI=1S/C13H17NO3S/c1-3-11(14-13(16)18-2)12(15)17-9-10-7-5-4-6-8-10/h4-8,11H,3,9H2,1-2H3,(H,14,16). The van der Waals surface area contributed by atoms with Crippen LogP contribution in [0.3, 0.4) is 0 Å². The molecular weight excluding hydrogens is 250 g/mol. The average molecular weight is 267 g/mol. The summed E-state index contributed by atoms with van der Waals surface area (Å²) in [5.74, 6) is -0.399. The molecule has 0 aliphatic heterocycles. The van der Waals surface area contributed by atoms with Crippen LogP contribution in [0.2, 0.25) is 0 Å². The predicted octanol–water partition coefficient (Wildman–Crippen LogP) is 2.58. The number of ether oxygens (including phenoxy) is 1. The molecule has 0 aliphatic rings. The number of benzene rings is 1. The molecule has 1 N–H and O–H groups in total. The average Bonchev–Trinajstić information content (AvgIpc) is 2.42. The van der Waals surface area contributed by atoms with Crippen molar-refractivity contribution in [2.45, 2.75) is 26.0 Å². The number of carbonyl (C=O) groups excluding carboxylic acids is 2.